The van der Waals surface area contributed by atoms with E-state index in [1.807, 2.05) is 6.08 Å². The van der Waals surface area contributed by atoms with Gasteiger partial charge in [0.1, 0.15) is 0 Å². The molecule has 0 fully saturated rings. The molecule has 96 valence electrons. The second-order valence-electron chi connectivity index (χ2n) is 4.89. The molecule has 18 heavy (non-hydrogen) atoms. The Balaban J connectivity index is 3.11. The Morgan fingerprint density at radius 3 is 2.33 bits per heavy atom. The fourth-order valence-electron chi connectivity index (χ4n) is 1.89. The zero-order chi connectivity index (χ0) is 13.7. The van der Waals surface area contributed by atoms with Crippen molar-refractivity contribution in [1.82, 2.24) is 0 Å². The van der Waals surface area contributed by atoms with Crippen LogP contribution in [-0.4, -0.2) is 7.05 Å². The summed E-state index contributed by atoms with van der Waals surface area (Å²) in [5, 5.41) is 0. The van der Waals surface area contributed by atoms with E-state index in [-0.39, 0.29) is 0 Å². The minimum atomic E-state index is 1.10. The fourth-order valence-corrected chi connectivity index (χ4v) is 1.89. The third-order valence-electron chi connectivity index (χ3n) is 2.90. The summed E-state index contributed by atoms with van der Waals surface area (Å²) in [7, 11) is 2.07. The van der Waals surface area contributed by atoms with Gasteiger partial charge in [-0.25, -0.2) is 0 Å². The van der Waals surface area contributed by atoms with E-state index in [0.29, 0.717) is 0 Å². The number of benzene rings is 1. The van der Waals surface area contributed by atoms with Crippen LogP contribution in [0.25, 0.3) is 0 Å². The molecule has 0 saturated carbocycles. The van der Waals surface area contributed by atoms with Gasteiger partial charge in [-0.15, -0.1) is 0 Å². The molecule has 0 aliphatic heterocycles. The van der Waals surface area contributed by atoms with Crippen LogP contribution < -0.4 is 4.90 Å². The molecular weight excluding hydrogens is 218 g/mol. The topological polar surface area (TPSA) is 3.24 Å². The second-order valence-corrected chi connectivity index (χ2v) is 4.89. The first kappa shape index (κ1) is 14.3. The van der Waals surface area contributed by atoms with Gasteiger partial charge in [0.2, 0.25) is 0 Å². The molecular formula is C17H23N. The normalized spacial score (nSPS) is 11.1. The lowest BCUT2D eigenvalue weighted by molar-refractivity contribution is 1.12. The standard InChI is InChI=1S/C17H23N/c1-7-16(10-8-13(2)3)18(6)17-11-9-14(4)12-15(17)5/h7-12H,1H2,2-6H3/b16-10+. The summed E-state index contributed by atoms with van der Waals surface area (Å²) in [6, 6.07) is 6.50. The van der Waals surface area contributed by atoms with Gasteiger partial charge in [-0.1, -0.05) is 35.9 Å². The highest BCUT2D eigenvalue weighted by Gasteiger charge is 2.06. The molecule has 0 bridgehead atoms. The molecule has 1 aromatic carbocycles. The summed E-state index contributed by atoms with van der Waals surface area (Å²) < 4.78 is 0. The van der Waals surface area contributed by atoms with Crippen LogP contribution in [0.1, 0.15) is 25.0 Å². The van der Waals surface area contributed by atoms with Crippen molar-refractivity contribution >= 4 is 5.69 Å². The van der Waals surface area contributed by atoms with Crippen molar-refractivity contribution in [1.29, 1.82) is 0 Å². The van der Waals surface area contributed by atoms with Crippen molar-refractivity contribution in [3.05, 3.63) is 65.4 Å². The third-order valence-corrected chi connectivity index (χ3v) is 2.90. The van der Waals surface area contributed by atoms with Crippen LogP contribution in [0, 0.1) is 13.8 Å². The van der Waals surface area contributed by atoms with Gasteiger partial charge in [-0.3, -0.25) is 0 Å². The number of hydrogen-bond acceptors (Lipinski definition) is 1. The lowest BCUT2D eigenvalue weighted by Crippen LogP contribution is -2.15. The molecule has 0 N–H and O–H groups in total. The van der Waals surface area contributed by atoms with E-state index in [9.17, 15) is 0 Å². The molecule has 0 atom stereocenters. The molecule has 0 radical (unpaired) electrons. The van der Waals surface area contributed by atoms with Gasteiger partial charge in [0.15, 0.2) is 0 Å². The summed E-state index contributed by atoms with van der Waals surface area (Å²) in [5.41, 5.74) is 6.17. The van der Waals surface area contributed by atoms with E-state index in [0.717, 1.165) is 5.70 Å². The first-order valence-electron chi connectivity index (χ1n) is 6.24. The number of allylic oxidation sites excluding steroid dienone is 4. The molecule has 0 amide bonds. The molecule has 0 aromatic heterocycles. The number of nitrogens with zero attached hydrogens (tertiary/aromatic N) is 1. The van der Waals surface area contributed by atoms with Crippen LogP contribution in [0.2, 0.25) is 0 Å². The lowest BCUT2D eigenvalue weighted by Gasteiger charge is -2.22. The number of likely N-dealkylation sites (N-methyl/N-ethyl adjacent to an activating group) is 1. The van der Waals surface area contributed by atoms with Gasteiger partial charge >= 0.3 is 0 Å². The molecule has 1 rings (SSSR count). The van der Waals surface area contributed by atoms with Gasteiger partial charge in [0.05, 0.1) is 0 Å². The largest absolute Gasteiger partial charge is 0.344 e. The SMILES string of the molecule is C=C/C(=C\C=C(C)C)N(C)c1ccc(C)cc1C. The summed E-state index contributed by atoms with van der Waals surface area (Å²) >= 11 is 0. The van der Waals surface area contributed by atoms with Crippen molar-refractivity contribution in [3.63, 3.8) is 0 Å². The van der Waals surface area contributed by atoms with Crippen molar-refractivity contribution in [2.45, 2.75) is 27.7 Å². The first-order chi connectivity index (χ1) is 8.45. The van der Waals surface area contributed by atoms with Crippen LogP contribution >= 0.6 is 0 Å². The molecule has 1 aromatic rings. The molecule has 0 heterocycles. The average Bonchev–Trinajstić information content (AvgIpc) is 2.29. The quantitative estimate of drug-likeness (QED) is 0.686. The Morgan fingerprint density at radius 1 is 1.17 bits per heavy atom. The van der Waals surface area contributed by atoms with E-state index < -0.39 is 0 Å². The Labute approximate surface area is 111 Å². The maximum Gasteiger partial charge on any atom is 0.0437 e. The van der Waals surface area contributed by atoms with Gasteiger partial charge < -0.3 is 4.90 Å². The van der Waals surface area contributed by atoms with Crippen molar-refractivity contribution in [2.24, 2.45) is 0 Å². The summed E-state index contributed by atoms with van der Waals surface area (Å²) in [6.07, 6.45) is 6.09. The van der Waals surface area contributed by atoms with Crippen molar-refractivity contribution < 1.29 is 0 Å². The zero-order valence-corrected chi connectivity index (χ0v) is 12.1. The number of anilines is 1. The molecule has 0 aliphatic carbocycles. The summed E-state index contributed by atoms with van der Waals surface area (Å²) in [6.45, 7) is 12.3. The van der Waals surface area contributed by atoms with E-state index in [1.54, 1.807) is 0 Å². The second kappa shape index (κ2) is 6.25. The number of aryl methyl sites for hydroxylation is 2. The van der Waals surface area contributed by atoms with E-state index >= 15 is 0 Å². The van der Waals surface area contributed by atoms with Gasteiger partial charge in [-0.2, -0.15) is 0 Å². The van der Waals surface area contributed by atoms with Crippen LogP contribution in [0.4, 0.5) is 5.69 Å². The Morgan fingerprint density at radius 2 is 1.83 bits per heavy atom. The highest BCUT2D eigenvalue weighted by molar-refractivity contribution is 5.59. The average molecular weight is 241 g/mol. The molecule has 1 heteroatoms. The summed E-state index contributed by atoms with van der Waals surface area (Å²) in [4.78, 5) is 2.17. The van der Waals surface area contributed by atoms with E-state index in [2.05, 4.69) is 76.6 Å². The lowest BCUT2D eigenvalue weighted by atomic mass is 10.1. The van der Waals surface area contributed by atoms with Crippen LogP contribution in [0.3, 0.4) is 0 Å². The maximum absolute atomic E-state index is 3.89. The molecule has 0 saturated heterocycles. The van der Waals surface area contributed by atoms with Crippen molar-refractivity contribution in [2.75, 3.05) is 11.9 Å². The van der Waals surface area contributed by atoms with Gasteiger partial charge in [-0.05, 0) is 51.5 Å². The van der Waals surface area contributed by atoms with Gasteiger partial charge in [0, 0.05) is 18.4 Å². The highest BCUT2D eigenvalue weighted by Crippen LogP contribution is 2.23. The van der Waals surface area contributed by atoms with Crippen LogP contribution in [-0.2, 0) is 0 Å². The van der Waals surface area contributed by atoms with Crippen LogP contribution in [0.15, 0.2) is 54.3 Å². The monoisotopic (exact) mass is 241 g/mol. The Bertz CT molecular complexity index is 488. The molecule has 0 spiro atoms. The predicted octanol–water partition coefficient (Wildman–Crippen LogP) is 4.78. The Kier molecular flexibility index (Phi) is 4.96. The minimum Gasteiger partial charge on any atom is -0.344 e. The van der Waals surface area contributed by atoms with E-state index in [1.165, 1.54) is 22.4 Å². The fraction of sp³-hybridized carbons (Fsp3) is 0.294. The summed E-state index contributed by atoms with van der Waals surface area (Å²) in [5.74, 6) is 0. The molecule has 1 nitrogen and oxygen atoms in total. The maximum atomic E-state index is 3.89. The van der Waals surface area contributed by atoms with Crippen LogP contribution in [0.5, 0.6) is 0 Å². The molecule has 0 aliphatic rings. The minimum absolute atomic E-state index is 1.10. The van der Waals surface area contributed by atoms with Gasteiger partial charge in [0.25, 0.3) is 0 Å². The Hall–Kier alpha value is -1.76. The van der Waals surface area contributed by atoms with Crippen molar-refractivity contribution in [3.8, 4) is 0 Å². The smallest absolute Gasteiger partial charge is 0.0437 e. The zero-order valence-electron chi connectivity index (χ0n) is 12.1. The third kappa shape index (κ3) is 3.63. The highest BCUT2D eigenvalue weighted by atomic mass is 15.1. The number of hydrogen-bond donors (Lipinski definition) is 0. The number of rotatable bonds is 4. The molecule has 0 unspecified atom stereocenters. The van der Waals surface area contributed by atoms with E-state index in [4.69, 9.17) is 0 Å². The first-order valence-corrected chi connectivity index (χ1v) is 6.24. The predicted molar refractivity (Wildman–Crippen MR) is 82.0 cm³/mol.